The summed E-state index contributed by atoms with van der Waals surface area (Å²) in [4.78, 5) is 14.8. The van der Waals surface area contributed by atoms with Crippen LogP contribution in [0.5, 0.6) is 0 Å². The van der Waals surface area contributed by atoms with Crippen molar-refractivity contribution in [2.75, 3.05) is 13.2 Å². The van der Waals surface area contributed by atoms with Gasteiger partial charge in [-0.3, -0.25) is 4.79 Å². The molecule has 0 radical (unpaired) electrons. The van der Waals surface area contributed by atoms with Crippen molar-refractivity contribution in [3.63, 3.8) is 0 Å². The van der Waals surface area contributed by atoms with Gasteiger partial charge in [-0.15, -0.1) is 0 Å². The minimum atomic E-state index is -0.566. The van der Waals surface area contributed by atoms with Crippen LogP contribution in [0.2, 0.25) is 15.1 Å². The van der Waals surface area contributed by atoms with Gasteiger partial charge in [0.15, 0.2) is 0 Å². The zero-order chi connectivity index (χ0) is 22.0. The molecule has 1 aliphatic rings. The Morgan fingerprint density at radius 1 is 0.839 bits per heavy atom. The van der Waals surface area contributed by atoms with Gasteiger partial charge in [-0.1, -0.05) is 71.2 Å². The van der Waals surface area contributed by atoms with Crippen LogP contribution in [0.1, 0.15) is 34.9 Å². The van der Waals surface area contributed by atoms with E-state index >= 15 is 0 Å². The third-order valence-electron chi connectivity index (χ3n) is 5.43. The molecular formula is C24H20Cl3NO3. The molecule has 1 amide bonds. The first-order valence-electron chi connectivity index (χ1n) is 9.78. The van der Waals surface area contributed by atoms with Crippen molar-refractivity contribution in [2.45, 2.75) is 18.2 Å². The van der Waals surface area contributed by atoms with Gasteiger partial charge in [0.25, 0.3) is 0 Å². The lowest BCUT2D eigenvalue weighted by atomic mass is 9.90. The van der Waals surface area contributed by atoms with Crippen LogP contribution in [-0.2, 0) is 9.53 Å². The minimum Gasteiger partial charge on any atom is -0.394 e. The summed E-state index contributed by atoms with van der Waals surface area (Å²) in [7, 11) is 0. The van der Waals surface area contributed by atoms with E-state index in [1.165, 1.54) is 0 Å². The van der Waals surface area contributed by atoms with E-state index in [-0.39, 0.29) is 19.1 Å². The summed E-state index contributed by atoms with van der Waals surface area (Å²) < 4.78 is 6.02. The molecule has 0 saturated carbocycles. The molecule has 4 nitrogen and oxygen atoms in total. The van der Waals surface area contributed by atoms with Gasteiger partial charge >= 0.3 is 0 Å². The first kappa shape index (κ1) is 22.1. The zero-order valence-corrected chi connectivity index (χ0v) is 18.7. The normalized spacial score (nSPS) is 20.0. The van der Waals surface area contributed by atoms with Crippen LogP contribution >= 0.6 is 34.8 Å². The van der Waals surface area contributed by atoms with Gasteiger partial charge in [-0.05, 0) is 53.1 Å². The highest BCUT2D eigenvalue weighted by molar-refractivity contribution is 6.31. The molecule has 4 rings (SSSR count). The van der Waals surface area contributed by atoms with Gasteiger partial charge < -0.3 is 14.7 Å². The molecule has 0 spiro atoms. The van der Waals surface area contributed by atoms with Gasteiger partial charge in [0.05, 0.1) is 18.7 Å². The fourth-order valence-electron chi connectivity index (χ4n) is 3.96. The maximum atomic E-state index is 13.1. The lowest BCUT2D eigenvalue weighted by Gasteiger charge is -2.45. The summed E-state index contributed by atoms with van der Waals surface area (Å²) in [5.74, 6) is -0.209. The molecule has 31 heavy (non-hydrogen) atoms. The molecule has 1 saturated heterocycles. The molecule has 1 fully saturated rings. The Morgan fingerprint density at radius 3 is 1.84 bits per heavy atom. The zero-order valence-electron chi connectivity index (χ0n) is 16.4. The second-order valence-electron chi connectivity index (χ2n) is 7.33. The van der Waals surface area contributed by atoms with Crippen LogP contribution in [0, 0.1) is 0 Å². The molecule has 7 heteroatoms. The maximum Gasteiger partial charge on any atom is 0.249 e. The van der Waals surface area contributed by atoms with E-state index in [0.29, 0.717) is 15.1 Å². The average Bonchev–Trinajstić information content (AvgIpc) is 2.78. The number of halogens is 3. The van der Waals surface area contributed by atoms with Crippen molar-refractivity contribution in [1.82, 2.24) is 4.90 Å². The van der Waals surface area contributed by atoms with Crippen LogP contribution in [-0.4, -0.2) is 29.1 Å². The fourth-order valence-corrected chi connectivity index (χ4v) is 4.34. The largest absolute Gasteiger partial charge is 0.394 e. The molecule has 0 unspecified atom stereocenters. The number of nitrogens with zero attached hydrogens (tertiary/aromatic N) is 1. The van der Waals surface area contributed by atoms with Crippen molar-refractivity contribution in [3.8, 4) is 0 Å². The van der Waals surface area contributed by atoms with Gasteiger partial charge in [-0.25, -0.2) is 0 Å². The number of carbonyl (C=O) groups excluding carboxylic acids is 1. The molecule has 0 aliphatic carbocycles. The molecular weight excluding hydrogens is 457 g/mol. The second kappa shape index (κ2) is 9.60. The van der Waals surface area contributed by atoms with Crippen LogP contribution in [0.3, 0.4) is 0 Å². The number of benzene rings is 3. The summed E-state index contributed by atoms with van der Waals surface area (Å²) in [6, 6.07) is 20.8. The quantitative estimate of drug-likeness (QED) is 0.490. The summed E-state index contributed by atoms with van der Waals surface area (Å²) in [6.07, 6.45) is -0.447. The summed E-state index contributed by atoms with van der Waals surface area (Å²) in [6.45, 7) is -0.341. The number of morpholine rings is 1. The molecule has 0 bridgehead atoms. The average molecular weight is 477 g/mol. The number of ether oxygens (including phenoxy) is 1. The lowest BCUT2D eigenvalue weighted by molar-refractivity contribution is -0.165. The molecule has 3 aromatic rings. The number of aliphatic hydroxyl groups excluding tert-OH is 1. The highest BCUT2D eigenvalue weighted by Crippen LogP contribution is 2.44. The van der Waals surface area contributed by atoms with Gasteiger partial charge in [0.1, 0.15) is 12.7 Å². The first-order chi connectivity index (χ1) is 15.0. The van der Waals surface area contributed by atoms with Crippen molar-refractivity contribution < 1.29 is 14.6 Å². The Balaban J connectivity index is 1.82. The van der Waals surface area contributed by atoms with Crippen molar-refractivity contribution in [3.05, 3.63) is 105 Å². The number of aliphatic hydroxyl groups is 1. The van der Waals surface area contributed by atoms with Crippen molar-refractivity contribution in [2.24, 2.45) is 0 Å². The Bertz CT molecular complexity index is 1040. The van der Waals surface area contributed by atoms with Crippen molar-refractivity contribution >= 4 is 40.7 Å². The van der Waals surface area contributed by atoms with Crippen LogP contribution < -0.4 is 0 Å². The topological polar surface area (TPSA) is 49.8 Å². The Morgan fingerprint density at radius 2 is 1.32 bits per heavy atom. The number of rotatable bonds is 5. The van der Waals surface area contributed by atoms with E-state index in [1.54, 1.807) is 41.3 Å². The van der Waals surface area contributed by atoms with E-state index < -0.39 is 18.2 Å². The van der Waals surface area contributed by atoms with Gasteiger partial charge in [0, 0.05) is 15.1 Å². The molecule has 3 atom stereocenters. The van der Waals surface area contributed by atoms with Crippen molar-refractivity contribution in [1.29, 1.82) is 0 Å². The Hall–Kier alpha value is -2.08. The summed E-state index contributed by atoms with van der Waals surface area (Å²) >= 11 is 18.2. The predicted molar refractivity (Wildman–Crippen MR) is 122 cm³/mol. The minimum absolute atomic E-state index is 0.0958. The molecule has 160 valence electrons. The molecule has 3 aromatic carbocycles. The molecule has 1 N–H and O–H groups in total. The SMILES string of the molecule is O=C1CO[C@@H](c2ccc(Cl)cc2)[C@@H](c2ccc(Cl)cc2)N1[C@@H](CO)c1ccc(Cl)cc1. The Kier molecular flexibility index (Phi) is 6.85. The summed E-state index contributed by atoms with van der Waals surface area (Å²) in [5.41, 5.74) is 2.52. The van der Waals surface area contributed by atoms with Gasteiger partial charge in [0.2, 0.25) is 5.91 Å². The third-order valence-corrected chi connectivity index (χ3v) is 6.19. The standard InChI is InChI=1S/C24H20Cl3NO3/c25-18-7-1-15(2-8-18)21(13-29)28-22(30)14-31-24(17-5-11-20(27)12-6-17)23(28)16-3-9-19(26)10-4-16/h1-12,21,23-24,29H,13-14H2/t21-,23+,24-/m0/s1. The maximum absolute atomic E-state index is 13.1. The van der Waals surface area contributed by atoms with E-state index in [2.05, 4.69) is 0 Å². The third kappa shape index (κ3) is 4.74. The first-order valence-corrected chi connectivity index (χ1v) is 10.9. The lowest BCUT2D eigenvalue weighted by Crippen LogP contribution is -2.48. The number of hydrogen-bond donors (Lipinski definition) is 1. The highest BCUT2D eigenvalue weighted by Gasteiger charge is 2.42. The molecule has 1 heterocycles. The predicted octanol–water partition coefficient (Wildman–Crippen LogP) is 6.02. The number of hydrogen-bond acceptors (Lipinski definition) is 3. The van der Waals surface area contributed by atoms with E-state index in [4.69, 9.17) is 39.5 Å². The van der Waals surface area contributed by atoms with Crippen LogP contribution in [0.15, 0.2) is 72.8 Å². The number of carbonyl (C=O) groups is 1. The summed E-state index contributed by atoms with van der Waals surface area (Å²) in [5, 5.41) is 12.1. The second-order valence-corrected chi connectivity index (χ2v) is 8.64. The monoisotopic (exact) mass is 475 g/mol. The van der Waals surface area contributed by atoms with Crippen LogP contribution in [0.25, 0.3) is 0 Å². The number of amides is 1. The van der Waals surface area contributed by atoms with E-state index in [0.717, 1.165) is 16.7 Å². The van der Waals surface area contributed by atoms with E-state index in [1.807, 2.05) is 36.4 Å². The van der Waals surface area contributed by atoms with Crippen LogP contribution in [0.4, 0.5) is 0 Å². The molecule has 0 aromatic heterocycles. The Labute approximate surface area is 195 Å². The molecule has 1 aliphatic heterocycles. The highest BCUT2D eigenvalue weighted by atomic mass is 35.5. The smallest absolute Gasteiger partial charge is 0.249 e. The fraction of sp³-hybridized carbons (Fsp3) is 0.208. The van der Waals surface area contributed by atoms with E-state index in [9.17, 15) is 9.90 Å². The van der Waals surface area contributed by atoms with Gasteiger partial charge in [-0.2, -0.15) is 0 Å².